The smallest absolute Gasteiger partial charge is 0.274 e. The van der Waals surface area contributed by atoms with E-state index in [9.17, 15) is 37.1 Å². The molecule has 3 atom stereocenters. The van der Waals surface area contributed by atoms with Gasteiger partial charge in [0.05, 0.1) is 0 Å². The van der Waals surface area contributed by atoms with Gasteiger partial charge in [0, 0.05) is 48.9 Å². The molecule has 2 fully saturated rings. The van der Waals surface area contributed by atoms with Gasteiger partial charge in [-0.25, -0.2) is 17.6 Å². The van der Waals surface area contributed by atoms with Crippen molar-refractivity contribution < 1.29 is 32.3 Å². The van der Waals surface area contributed by atoms with Crippen molar-refractivity contribution in [1.29, 1.82) is 0 Å². The Morgan fingerprint density at radius 1 is 1.27 bits per heavy atom. The van der Waals surface area contributed by atoms with Gasteiger partial charge in [0.2, 0.25) is 5.43 Å². The molecule has 1 aromatic carbocycles. The Morgan fingerprint density at radius 3 is 2.61 bits per heavy atom. The summed E-state index contributed by atoms with van der Waals surface area (Å²) in [4.78, 5) is 41.7. The molecule has 1 aliphatic heterocycles. The predicted octanol–water partition coefficient (Wildman–Crippen LogP) is 2.78. The molecule has 0 spiro atoms. The maximum Gasteiger partial charge on any atom is 0.274 e. The Labute approximate surface area is 185 Å². The molecule has 1 saturated heterocycles. The van der Waals surface area contributed by atoms with Crippen LogP contribution in [-0.4, -0.2) is 45.1 Å². The summed E-state index contributed by atoms with van der Waals surface area (Å²) in [5.41, 5.74) is -4.09. The van der Waals surface area contributed by atoms with E-state index >= 15 is 0 Å². The highest BCUT2D eigenvalue weighted by atomic mass is 19.2. The SMILES string of the molecule is CC1CCC2(F)CC2CN1C(=O)c1[nH]cc(C(=O)NCc2c(F)cc(F)cc2F)c(=O)c1O. The van der Waals surface area contributed by atoms with Crippen LogP contribution < -0.4 is 10.7 Å². The maximum atomic E-state index is 14.4. The Morgan fingerprint density at radius 2 is 1.94 bits per heavy atom. The quantitative estimate of drug-likeness (QED) is 0.602. The third kappa shape index (κ3) is 4.19. The molecule has 2 amide bonds. The summed E-state index contributed by atoms with van der Waals surface area (Å²) in [6.07, 6.45) is 2.03. The first-order valence-corrected chi connectivity index (χ1v) is 10.4. The molecule has 176 valence electrons. The first-order valence-electron chi connectivity index (χ1n) is 10.4. The van der Waals surface area contributed by atoms with Crippen molar-refractivity contribution in [3.05, 3.63) is 62.8 Å². The number of hydrogen-bond acceptors (Lipinski definition) is 4. The monoisotopic (exact) mass is 467 g/mol. The van der Waals surface area contributed by atoms with E-state index < -0.39 is 69.5 Å². The van der Waals surface area contributed by atoms with Gasteiger partial charge in [-0.05, 0) is 26.2 Å². The molecule has 0 bridgehead atoms. The minimum absolute atomic E-state index is 0.148. The molecular formula is C22H21F4N3O4. The molecule has 2 aromatic rings. The molecule has 3 N–H and O–H groups in total. The van der Waals surface area contributed by atoms with Crippen LogP contribution in [0, 0.1) is 23.4 Å². The standard InChI is InChI=1S/C22H21F4N3O4/c1-10-2-3-22(26)6-11(22)9-29(10)21(33)17-19(31)18(30)14(8-27-17)20(32)28-7-13-15(24)4-12(23)5-16(13)25/h4-5,8,10-11,31H,2-3,6-7,9H2,1H3,(H,27,30)(H,28,32). The summed E-state index contributed by atoms with van der Waals surface area (Å²) in [5, 5.41) is 12.4. The van der Waals surface area contributed by atoms with Crippen LogP contribution in [0.4, 0.5) is 17.6 Å². The van der Waals surface area contributed by atoms with Gasteiger partial charge in [-0.1, -0.05) is 0 Å². The summed E-state index contributed by atoms with van der Waals surface area (Å²) in [6.45, 7) is 1.21. The second-order valence-corrected chi connectivity index (χ2v) is 8.57. The minimum Gasteiger partial charge on any atom is -0.503 e. The molecule has 0 radical (unpaired) electrons. The second kappa shape index (κ2) is 8.20. The largest absolute Gasteiger partial charge is 0.503 e. The molecule has 1 aliphatic carbocycles. The third-order valence-electron chi connectivity index (χ3n) is 6.39. The summed E-state index contributed by atoms with van der Waals surface area (Å²) < 4.78 is 54.9. The highest BCUT2D eigenvalue weighted by Gasteiger charge is 2.57. The van der Waals surface area contributed by atoms with Crippen LogP contribution in [0.5, 0.6) is 5.75 Å². The van der Waals surface area contributed by atoms with Crippen LogP contribution in [0.2, 0.25) is 0 Å². The Hall–Kier alpha value is -3.37. The number of pyridine rings is 1. The van der Waals surface area contributed by atoms with Crippen LogP contribution in [0.15, 0.2) is 23.1 Å². The number of halogens is 4. The lowest BCUT2D eigenvalue weighted by Gasteiger charge is -2.28. The average molecular weight is 467 g/mol. The van der Waals surface area contributed by atoms with Crippen LogP contribution in [0.3, 0.4) is 0 Å². The molecule has 4 rings (SSSR count). The van der Waals surface area contributed by atoms with E-state index in [-0.39, 0.29) is 18.5 Å². The van der Waals surface area contributed by atoms with E-state index in [1.54, 1.807) is 6.92 Å². The minimum atomic E-state index is -1.27. The fourth-order valence-electron chi connectivity index (χ4n) is 4.19. The zero-order valence-corrected chi connectivity index (χ0v) is 17.6. The van der Waals surface area contributed by atoms with Gasteiger partial charge >= 0.3 is 0 Å². The molecule has 2 heterocycles. The van der Waals surface area contributed by atoms with E-state index in [4.69, 9.17) is 0 Å². The van der Waals surface area contributed by atoms with Crippen LogP contribution in [0.1, 0.15) is 52.6 Å². The van der Waals surface area contributed by atoms with Crippen molar-refractivity contribution in [2.75, 3.05) is 6.54 Å². The van der Waals surface area contributed by atoms with Crippen molar-refractivity contribution in [2.45, 2.75) is 44.4 Å². The lowest BCUT2D eigenvalue weighted by atomic mass is 10.1. The number of H-pyrrole nitrogens is 1. The molecule has 1 saturated carbocycles. The summed E-state index contributed by atoms with van der Waals surface area (Å²) in [5.74, 6) is -6.62. The molecule has 33 heavy (non-hydrogen) atoms. The van der Waals surface area contributed by atoms with Crippen LogP contribution in [-0.2, 0) is 6.54 Å². The van der Waals surface area contributed by atoms with Crippen molar-refractivity contribution in [1.82, 2.24) is 15.2 Å². The first-order chi connectivity index (χ1) is 15.5. The van der Waals surface area contributed by atoms with E-state index in [1.807, 2.05) is 0 Å². The topological polar surface area (TPSA) is 103 Å². The number of aromatic hydroxyl groups is 1. The zero-order valence-electron chi connectivity index (χ0n) is 17.6. The predicted molar refractivity (Wildman–Crippen MR) is 108 cm³/mol. The van der Waals surface area contributed by atoms with Gasteiger partial charge in [-0.2, -0.15) is 0 Å². The number of nitrogens with zero attached hydrogens (tertiary/aromatic N) is 1. The Bertz CT molecular complexity index is 1180. The van der Waals surface area contributed by atoms with Gasteiger partial charge in [0.15, 0.2) is 11.4 Å². The highest BCUT2D eigenvalue weighted by Crippen LogP contribution is 2.53. The van der Waals surface area contributed by atoms with E-state index in [0.717, 1.165) is 6.20 Å². The van der Waals surface area contributed by atoms with Gasteiger partial charge < -0.3 is 20.3 Å². The zero-order chi connectivity index (χ0) is 24.1. The van der Waals surface area contributed by atoms with Crippen molar-refractivity contribution >= 4 is 11.8 Å². The van der Waals surface area contributed by atoms with Crippen molar-refractivity contribution in [3.63, 3.8) is 0 Å². The van der Waals surface area contributed by atoms with Gasteiger partial charge in [0.25, 0.3) is 11.8 Å². The fraction of sp³-hybridized carbons (Fsp3) is 0.409. The van der Waals surface area contributed by atoms with Crippen molar-refractivity contribution in [2.24, 2.45) is 5.92 Å². The number of carbonyl (C=O) groups is 2. The number of aromatic nitrogens is 1. The van der Waals surface area contributed by atoms with Gasteiger partial charge in [-0.15, -0.1) is 0 Å². The lowest BCUT2D eigenvalue weighted by molar-refractivity contribution is 0.0674. The number of likely N-dealkylation sites (tertiary alicyclic amines) is 1. The second-order valence-electron chi connectivity index (χ2n) is 8.57. The molecule has 7 nitrogen and oxygen atoms in total. The number of carbonyl (C=O) groups excluding carboxylic acids is 2. The maximum absolute atomic E-state index is 14.4. The molecule has 1 aromatic heterocycles. The molecule has 11 heteroatoms. The lowest BCUT2D eigenvalue weighted by Crippen LogP contribution is -2.40. The van der Waals surface area contributed by atoms with Crippen LogP contribution in [0.25, 0.3) is 0 Å². The van der Waals surface area contributed by atoms with E-state index in [0.29, 0.717) is 31.4 Å². The highest BCUT2D eigenvalue weighted by molar-refractivity contribution is 5.98. The number of amides is 2. The molecular weight excluding hydrogens is 446 g/mol. The fourth-order valence-corrected chi connectivity index (χ4v) is 4.19. The number of rotatable bonds is 4. The van der Waals surface area contributed by atoms with Gasteiger partial charge in [-0.3, -0.25) is 14.4 Å². The first kappa shape index (κ1) is 22.8. The molecule has 2 aliphatic rings. The number of hydrogen-bond donors (Lipinski definition) is 3. The summed E-state index contributed by atoms with van der Waals surface area (Å²) >= 11 is 0. The summed E-state index contributed by atoms with van der Waals surface area (Å²) in [6, 6.07) is 0.577. The van der Waals surface area contributed by atoms with Crippen LogP contribution >= 0.6 is 0 Å². The number of nitrogens with one attached hydrogen (secondary N) is 2. The average Bonchev–Trinajstić information content (AvgIpc) is 3.41. The van der Waals surface area contributed by atoms with Crippen molar-refractivity contribution in [3.8, 4) is 5.75 Å². The third-order valence-corrected chi connectivity index (χ3v) is 6.39. The molecule has 3 unspecified atom stereocenters. The number of aromatic amines is 1. The number of alkyl halides is 1. The Kier molecular flexibility index (Phi) is 5.67. The van der Waals surface area contributed by atoms with Gasteiger partial charge in [0.1, 0.15) is 28.7 Å². The number of benzene rings is 1. The van der Waals surface area contributed by atoms with E-state index in [1.165, 1.54) is 4.90 Å². The number of fused-ring (bicyclic) bond motifs is 1. The summed E-state index contributed by atoms with van der Waals surface area (Å²) in [7, 11) is 0. The van der Waals surface area contributed by atoms with E-state index in [2.05, 4.69) is 10.3 Å². The normalized spacial score (nSPS) is 24.1. The Balaban J connectivity index is 1.52.